The van der Waals surface area contributed by atoms with E-state index in [0.717, 1.165) is 11.1 Å². The van der Waals surface area contributed by atoms with Crippen LogP contribution in [0.2, 0.25) is 0 Å². The van der Waals surface area contributed by atoms with Gasteiger partial charge in [0.05, 0.1) is 6.61 Å². The van der Waals surface area contributed by atoms with Gasteiger partial charge in [0.1, 0.15) is 6.10 Å². The Morgan fingerprint density at radius 1 is 1.61 bits per heavy atom. The summed E-state index contributed by atoms with van der Waals surface area (Å²) in [6.45, 7) is 1.80. The molecule has 0 spiro atoms. The Bertz CT molecular complexity index is 403. The average Bonchev–Trinajstić information content (AvgIpc) is 2.31. The number of aryl methyl sites for hydroxylation is 1. The van der Waals surface area contributed by atoms with E-state index in [-0.39, 0.29) is 36.2 Å². The minimum atomic E-state index is -1.01. The number of aliphatic hydroxyl groups is 1. The summed E-state index contributed by atoms with van der Waals surface area (Å²) >= 11 is 1.93. The van der Waals surface area contributed by atoms with E-state index in [2.05, 4.69) is 10.2 Å². The summed E-state index contributed by atoms with van der Waals surface area (Å²) in [7, 11) is 0. The van der Waals surface area contributed by atoms with Gasteiger partial charge in [-0.05, 0) is 24.1 Å². The quantitative estimate of drug-likeness (QED) is 0.197. The van der Waals surface area contributed by atoms with E-state index >= 15 is 0 Å². The van der Waals surface area contributed by atoms with Gasteiger partial charge in [0.15, 0.2) is 0 Å². The molecule has 0 saturated carbocycles. The van der Waals surface area contributed by atoms with Crippen LogP contribution >= 0.6 is 22.6 Å². The van der Waals surface area contributed by atoms with Gasteiger partial charge in [0.2, 0.25) is 0 Å². The average molecular weight is 373 g/mol. The predicted octanol–water partition coefficient (Wildman–Crippen LogP) is -2.47. The molecule has 1 aromatic rings. The molecule has 0 fully saturated rings. The molecule has 0 saturated heterocycles. The molecule has 5 nitrogen and oxygen atoms in total. The fourth-order valence-electron chi connectivity index (χ4n) is 1.31. The van der Waals surface area contributed by atoms with Crippen LogP contribution in [0, 0.1) is 6.92 Å². The van der Waals surface area contributed by atoms with Crippen LogP contribution in [0.1, 0.15) is 11.1 Å². The van der Waals surface area contributed by atoms with Gasteiger partial charge in [-0.3, -0.25) is 4.79 Å². The zero-order valence-electron chi connectivity index (χ0n) is 10.3. The number of aliphatic hydroxyl groups excluding tert-OH is 1. The number of hydrogen-bond acceptors (Lipinski definition) is 4. The van der Waals surface area contributed by atoms with E-state index < -0.39 is 12.0 Å². The van der Waals surface area contributed by atoms with Gasteiger partial charge in [0, 0.05) is 10.1 Å². The van der Waals surface area contributed by atoms with Crippen LogP contribution in [0.25, 0.3) is 0 Å². The zero-order valence-corrected chi connectivity index (χ0v) is 14.4. The van der Waals surface area contributed by atoms with E-state index in [4.69, 9.17) is 0 Å². The van der Waals surface area contributed by atoms with Crippen molar-refractivity contribution in [3.63, 3.8) is 0 Å². The number of halogens is 1. The van der Waals surface area contributed by atoms with E-state index in [1.807, 2.05) is 22.6 Å². The topological polar surface area (TPSA) is 81.6 Å². The normalized spacial score (nSPS) is 11.6. The Labute approximate surface area is 141 Å². The minimum absolute atomic E-state index is 0. The molecule has 2 N–H and O–H groups in total. The van der Waals surface area contributed by atoms with Crippen molar-refractivity contribution >= 4 is 34.2 Å². The summed E-state index contributed by atoms with van der Waals surface area (Å²) in [6.07, 6.45) is -1.01. The van der Waals surface area contributed by atoms with Gasteiger partial charge < -0.3 is 20.6 Å². The summed E-state index contributed by atoms with van der Waals surface area (Å²) in [5.74, 6) is -0.435. The molecule has 0 radical (unpaired) electrons. The first kappa shape index (κ1) is 18.3. The molecule has 18 heavy (non-hydrogen) atoms. The molecule has 1 unspecified atom stereocenters. The van der Waals surface area contributed by atoms with Crippen LogP contribution in [0.3, 0.4) is 0 Å². The Balaban J connectivity index is 0.00000289. The number of benzene rings is 1. The van der Waals surface area contributed by atoms with Crippen molar-refractivity contribution in [1.82, 2.24) is 0 Å². The van der Waals surface area contributed by atoms with Crippen molar-refractivity contribution in [2.45, 2.75) is 19.6 Å². The van der Waals surface area contributed by atoms with Crippen molar-refractivity contribution < 1.29 is 49.6 Å². The molecule has 1 atom stereocenters. The number of anilines is 1. The molecule has 0 aliphatic heterocycles. The number of carbonyl (C=O) groups is 1. The number of rotatable bonds is 5. The number of alkyl halides is 1. The third-order valence-electron chi connectivity index (χ3n) is 2.22. The molecule has 1 amide bonds. The fraction of sp³-hybridized carbons (Fsp3) is 0.364. The van der Waals surface area contributed by atoms with Crippen LogP contribution in [0.4, 0.5) is 5.69 Å². The van der Waals surface area contributed by atoms with Gasteiger partial charge in [-0.1, -0.05) is 34.7 Å². The Morgan fingerprint density at radius 3 is 2.78 bits per heavy atom. The van der Waals surface area contributed by atoms with Crippen LogP contribution in [-0.2, 0) is 16.3 Å². The third kappa shape index (κ3) is 5.52. The van der Waals surface area contributed by atoms with E-state index in [1.165, 1.54) is 0 Å². The second kappa shape index (κ2) is 9.24. The van der Waals surface area contributed by atoms with Crippen LogP contribution in [-0.4, -0.2) is 21.5 Å². The molecule has 1 aromatic carbocycles. The van der Waals surface area contributed by atoms with Gasteiger partial charge in [0.25, 0.3) is 5.91 Å². The molecule has 0 aliphatic rings. The molecule has 0 aliphatic carbocycles. The number of hydrogen-bond donors (Lipinski definition) is 2. The van der Waals surface area contributed by atoms with Crippen LogP contribution < -0.4 is 40.1 Å². The van der Waals surface area contributed by atoms with Crippen molar-refractivity contribution in [3.8, 4) is 0 Å². The maximum atomic E-state index is 11.5. The standard InChI is InChI=1S/C11H14INO4.Na/c1-7-4-8(6-17-16)2-3-9(7)13-11(15)10(14)5-12;/h2-4,10,14,16H,5-6H2,1H3,(H,13,15);/q;+1/p-1. The second-order valence-corrected chi connectivity index (χ2v) is 4.45. The Kier molecular flexibility index (Phi) is 9.40. The van der Waals surface area contributed by atoms with Gasteiger partial charge >= 0.3 is 29.6 Å². The second-order valence-electron chi connectivity index (χ2n) is 3.57. The van der Waals surface area contributed by atoms with Crippen LogP contribution in [0.5, 0.6) is 0 Å². The fourth-order valence-corrected chi connectivity index (χ4v) is 1.71. The Morgan fingerprint density at radius 2 is 2.28 bits per heavy atom. The van der Waals surface area contributed by atoms with Crippen molar-refractivity contribution in [2.75, 3.05) is 9.74 Å². The number of nitrogens with one attached hydrogen (secondary N) is 1. The molecule has 1 rings (SSSR count). The third-order valence-corrected chi connectivity index (χ3v) is 3.06. The van der Waals surface area contributed by atoms with E-state index in [1.54, 1.807) is 25.1 Å². The number of carbonyl (C=O) groups excluding carboxylic acids is 1. The van der Waals surface area contributed by atoms with Crippen molar-refractivity contribution in [1.29, 1.82) is 0 Å². The Hall–Kier alpha value is 0.300. The molecular weight excluding hydrogens is 360 g/mol. The first-order valence-electron chi connectivity index (χ1n) is 4.97. The first-order chi connectivity index (χ1) is 8.08. The molecular formula is C11H13INNaO4. The van der Waals surface area contributed by atoms with Crippen molar-refractivity contribution in [3.05, 3.63) is 29.3 Å². The smallest absolute Gasteiger partial charge is 0.723 e. The summed E-state index contributed by atoms with van der Waals surface area (Å²) in [4.78, 5) is 15.2. The molecule has 0 bridgehead atoms. The molecule has 7 heteroatoms. The summed E-state index contributed by atoms with van der Waals surface area (Å²) in [6, 6.07) is 5.13. The molecule has 0 aromatic heterocycles. The maximum absolute atomic E-state index is 11.5. The van der Waals surface area contributed by atoms with Gasteiger partial charge in [-0.25, -0.2) is 0 Å². The maximum Gasteiger partial charge on any atom is 1.00 e. The molecule has 94 valence electrons. The van der Waals surface area contributed by atoms with Gasteiger partial charge in [-0.15, -0.1) is 0 Å². The monoisotopic (exact) mass is 373 g/mol. The predicted molar refractivity (Wildman–Crippen MR) is 69.5 cm³/mol. The van der Waals surface area contributed by atoms with Gasteiger partial charge in [-0.2, -0.15) is 0 Å². The largest absolute Gasteiger partial charge is 1.00 e. The zero-order chi connectivity index (χ0) is 12.8. The molecule has 0 heterocycles. The first-order valence-corrected chi connectivity index (χ1v) is 6.50. The summed E-state index contributed by atoms with van der Waals surface area (Å²) in [5, 5.41) is 22.0. The van der Waals surface area contributed by atoms with E-state index in [0.29, 0.717) is 10.1 Å². The number of amides is 1. The summed E-state index contributed by atoms with van der Waals surface area (Å²) in [5.41, 5.74) is 2.17. The summed E-state index contributed by atoms with van der Waals surface area (Å²) < 4.78 is 0.338. The van der Waals surface area contributed by atoms with Crippen molar-refractivity contribution in [2.24, 2.45) is 0 Å². The van der Waals surface area contributed by atoms with Crippen LogP contribution in [0.15, 0.2) is 18.2 Å². The minimum Gasteiger partial charge on any atom is -0.723 e. The SMILES string of the molecule is Cc1cc(CO[O-])ccc1NC(=O)C(O)CI.[Na+]. The van der Waals surface area contributed by atoms with E-state index in [9.17, 15) is 15.2 Å².